The van der Waals surface area contributed by atoms with Gasteiger partial charge in [0.15, 0.2) is 0 Å². The summed E-state index contributed by atoms with van der Waals surface area (Å²) in [5.41, 5.74) is 1.75. The van der Waals surface area contributed by atoms with Crippen molar-refractivity contribution in [1.82, 2.24) is 4.90 Å². The molecule has 0 bridgehead atoms. The van der Waals surface area contributed by atoms with Gasteiger partial charge in [-0.3, -0.25) is 4.79 Å². The molecule has 0 spiro atoms. The first-order chi connectivity index (χ1) is 10.2. The van der Waals surface area contributed by atoms with Crippen molar-refractivity contribution in [1.29, 1.82) is 0 Å². The summed E-state index contributed by atoms with van der Waals surface area (Å²) >= 11 is 9.72. The lowest BCUT2D eigenvalue weighted by molar-refractivity contribution is 0.0735. The van der Waals surface area contributed by atoms with Gasteiger partial charge in [0.2, 0.25) is 0 Å². The van der Waals surface area contributed by atoms with E-state index in [1.807, 2.05) is 53.4 Å². The standard InChI is InChI=1S/C17H15BrClNO/c18-13-6-3-5-12(11-13)17(21)20-10-4-9-16(20)14-7-1-2-8-15(14)19/h1-3,5-8,11,16H,4,9-10H2. The second-order valence-corrected chi connectivity index (χ2v) is 6.51. The van der Waals surface area contributed by atoms with E-state index in [-0.39, 0.29) is 11.9 Å². The van der Waals surface area contributed by atoms with Crippen LogP contribution in [0.25, 0.3) is 0 Å². The van der Waals surface area contributed by atoms with Gasteiger partial charge in [-0.2, -0.15) is 0 Å². The van der Waals surface area contributed by atoms with Crippen molar-refractivity contribution >= 4 is 33.4 Å². The average molecular weight is 365 g/mol. The number of halogens is 2. The van der Waals surface area contributed by atoms with Crippen LogP contribution in [-0.2, 0) is 0 Å². The maximum absolute atomic E-state index is 12.8. The topological polar surface area (TPSA) is 20.3 Å². The highest BCUT2D eigenvalue weighted by Gasteiger charge is 2.31. The highest BCUT2D eigenvalue weighted by molar-refractivity contribution is 9.10. The van der Waals surface area contributed by atoms with Crippen molar-refractivity contribution in [2.24, 2.45) is 0 Å². The highest BCUT2D eigenvalue weighted by Crippen LogP contribution is 2.36. The first-order valence-electron chi connectivity index (χ1n) is 6.98. The summed E-state index contributed by atoms with van der Waals surface area (Å²) in [4.78, 5) is 14.7. The molecule has 108 valence electrons. The van der Waals surface area contributed by atoms with Crippen LogP contribution in [0.4, 0.5) is 0 Å². The van der Waals surface area contributed by atoms with Gasteiger partial charge in [-0.15, -0.1) is 0 Å². The molecule has 1 aliphatic rings. The van der Waals surface area contributed by atoms with E-state index in [0.717, 1.165) is 34.4 Å². The molecule has 0 radical (unpaired) electrons. The number of amides is 1. The van der Waals surface area contributed by atoms with Crippen molar-refractivity contribution in [3.63, 3.8) is 0 Å². The van der Waals surface area contributed by atoms with Crippen LogP contribution < -0.4 is 0 Å². The molecule has 1 saturated heterocycles. The van der Waals surface area contributed by atoms with E-state index < -0.39 is 0 Å². The minimum Gasteiger partial charge on any atom is -0.332 e. The molecule has 2 aromatic rings. The van der Waals surface area contributed by atoms with Gasteiger partial charge >= 0.3 is 0 Å². The van der Waals surface area contributed by atoms with E-state index >= 15 is 0 Å². The summed E-state index contributed by atoms with van der Waals surface area (Å²) in [5, 5.41) is 0.733. The zero-order valence-electron chi connectivity index (χ0n) is 11.4. The van der Waals surface area contributed by atoms with Crippen LogP contribution in [0.2, 0.25) is 5.02 Å². The number of nitrogens with zero attached hydrogens (tertiary/aromatic N) is 1. The Hall–Kier alpha value is -1.32. The minimum atomic E-state index is 0.0683. The van der Waals surface area contributed by atoms with Crippen LogP contribution in [0.15, 0.2) is 53.0 Å². The molecule has 0 saturated carbocycles. The van der Waals surface area contributed by atoms with Crippen molar-refractivity contribution in [3.8, 4) is 0 Å². The Labute approximate surface area is 137 Å². The van der Waals surface area contributed by atoms with Gasteiger partial charge in [-0.25, -0.2) is 0 Å². The Morgan fingerprint density at radius 1 is 1.19 bits per heavy atom. The molecule has 0 N–H and O–H groups in total. The Kier molecular flexibility index (Phi) is 4.32. The van der Waals surface area contributed by atoms with Crippen LogP contribution in [0.3, 0.4) is 0 Å². The van der Waals surface area contributed by atoms with Gasteiger partial charge in [0.05, 0.1) is 6.04 Å². The maximum atomic E-state index is 12.8. The number of rotatable bonds is 2. The number of likely N-dealkylation sites (tertiary alicyclic amines) is 1. The molecule has 2 aromatic carbocycles. The summed E-state index contributed by atoms with van der Waals surface area (Å²) < 4.78 is 0.918. The first-order valence-corrected chi connectivity index (χ1v) is 8.15. The quantitative estimate of drug-likeness (QED) is 0.727. The molecule has 1 heterocycles. The van der Waals surface area contributed by atoms with Crippen LogP contribution in [-0.4, -0.2) is 17.4 Å². The Bertz CT molecular complexity index is 673. The fourth-order valence-electron chi connectivity index (χ4n) is 2.87. The van der Waals surface area contributed by atoms with E-state index in [0.29, 0.717) is 5.56 Å². The second-order valence-electron chi connectivity index (χ2n) is 5.19. The lowest BCUT2D eigenvalue weighted by atomic mass is 10.0. The van der Waals surface area contributed by atoms with Gasteiger partial charge in [0.25, 0.3) is 5.91 Å². The fraction of sp³-hybridized carbons (Fsp3) is 0.235. The van der Waals surface area contributed by atoms with Crippen molar-refractivity contribution < 1.29 is 4.79 Å². The maximum Gasteiger partial charge on any atom is 0.254 e. The van der Waals surface area contributed by atoms with Gasteiger partial charge in [-0.05, 0) is 42.7 Å². The molecule has 1 fully saturated rings. The number of carbonyl (C=O) groups is 1. The monoisotopic (exact) mass is 363 g/mol. The van der Waals surface area contributed by atoms with E-state index in [1.54, 1.807) is 0 Å². The SMILES string of the molecule is O=C(c1cccc(Br)c1)N1CCCC1c1ccccc1Cl. The Balaban J connectivity index is 1.91. The van der Waals surface area contributed by atoms with Crippen LogP contribution in [0.1, 0.15) is 34.8 Å². The molecular weight excluding hydrogens is 350 g/mol. The van der Waals surface area contributed by atoms with Crippen LogP contribution >= 0.6 is 27.5 Å². The van der Waals surface area contributed by atoms with E-state index in [2.05, 4.69) is 15.9 Å². The largest absolute Gasteiger partial charge is 0.332 e. The van der Waals surface area contributed by atoms with E-state index in [4.69, 9.17) is 11.6 Å². The third-order valence-electron chi connectivity index (χ3n) is 3.85. The minimum absolute atomic E-state index is 0.0683. The highest BCUT2D eigenvalue weighted by atomic mass is 79.9. The fourth-order valence-corrected chi connectivity index (χ4v) is 3.53. The number of benzene rings is 2. The van der Waals surface area contributed by atoms with Gasteiger partial charge in [0.1, 0.15) is 0 Å². The summed E-state index contributed by atoms with van der Waals surface area (Å²) in [6.45, 7) is 0.779. The molecular formula is C17H15BrClNO. The van der Waals surface area contributed by atoms with Crippen LogP contribution in [0, 0.1) is 0 Å². The molecule has 1 aliphatic heterocycles. The summed E-state index contributed by atoms with van der Waals surface area (Å²) in [6.07, 6.45) is 1.97. The molecule has 2 nitrogen and oxygen atoms in total. The van der Waals surface area contributed by atoms with Crippen molar-refractivity contribution in [3.05, 3.63) is 69.2 Å². The number of hydrogen-bond donors (Lipinski definition) is 0. The molecule has 1 unspecified atom stereocenters. The first kappa shape index (κ1) is 14.6. The number of hydrogen-bond acceptors (Lipinski definition) is 1. The Morgan fingerprint density at radius 2 is 2.00 bits per heavy atom. The lowest BCUT2D eigenvalue weighted by Gasteiger charge is -2.26. The van der Waals surface area contributed by atoms with Crippen molar-refractivity contribution in [2.75, 3.05) is 6.54 Å². The Morgan fingerprint density at radius 3 is 2.76 bits per heavy atom. The molecule has 21 heavy (non-hydrogen) atoms. The summed E-state index contributed by atoms with van der Waals surface area (Å²) in [6, 6.07) is 15.4. The second kappa shape index (κ2) is 6.20. The lowest BCUT2D eigenvalue weighted by Crippen LogP contribution is -2.30. The molecule has 4 heteroatoms. The third kappa shape index (κ3) is 2.99. The van der Waals surface area contributed by atoms with Gasteiger partial charge < -0.3 is 4.90 Å². The summed E-state index contributed by atoms with van der Waals surface area (Å²) in [7, 11) is 0. The predicted molar refractivity (Wildman–Crippen MR) is 88.6 cm³/mol. The molecule has 1 atom stereocenters. The van der Waals surface area contributed by atoms with Crippen LogP contribution in [0.5, 0.6) is 0 Å². The predicted octanol–water partition coefficient (Wildman–Crippen LogP) is 5.08. The number of carbonyl (C=O) groups excluding carboxylic acids is 1. The third-order valence-corrected chi connectivity index (χ3v) is 4.69. The summed E-state index contributed by atoms with van der Waals surface area (Å²) in [5.74, 6) is 0.0683. The molecule has 1 amide bonds. The zero-order chi connectivity index (χ0) is 14.8. The van der Waals surface area contributed by atoms with Gasteiger partial charge in [0, 0.05) is 21.6 Å². The molecule has 0 aromatic heterocycles. The van der Waals surface area contributed by atoms with E-state index in [1.165, 1.54) is 0 Å². The normalized spacial score (nSPS) is 18.0. The van der Waals surface area contributed by atoms with Crippen molar-refractivity contribution in [2.45, 2.75) is 18.9 Å². The average Bonchev–Trinajstić information content (AvgIpc) is 2.96. The van der Waals surface area contributed by atoms with E-state index in [9.17, 15) is 4.79 Å². The zero-order valence-corrected chi connectivity index (χ0v) is 13.8. The smallest absolute Gasteiger partial charge is 0.254 e. The molecule has 3 rings (SSSR count). The molecule has 0 aliphatic carbocycles. The van der Waals surface area contributed by atoms with Gasteiger partial charge in [-0.1, -0.05) is 51.8 Å².